The highest BCUT2D eigenvalue weighted by Gasteiger charge is 2.08. The van der Waals surface area contributed by atoms with Crippen LogP contribution in [0, 0.1) is 0 Å². The van der Waals surface area contributed by atoms with Gasteiger partial charge in [0.2, 0.25) is 0 Å². The summed E-state index contributed by atoms with van der Waals surface area (Å²) in [6.45, 7) is 6.59. The highest BCUT2D eigenvalue weighted by Crippen LogP contribution is 1.97. The van der Waals surface area contributed by atoms with Gasteiger partial charge >= 0.3 is 0 Å². The molecule has 1 aromatic heterocycles. The second kappa shape index (κ2) is 5.12. The van der Waals surface area contributed by atoms with Crippen LogP contribution < -0.4 is 5.32 Å². The van der Waals surface area contributed by atoms with Crippen LogP contribution in [0.5, 0.6) is 0 Å². The number of rotatable bonds is 4. The molecule has 0 saturated carbocycles. The Morgan fingerprint density at radius 3 is 2.71 bits per heavy atom. The molecular formula is C10H17N4. The third-order valence-electron chi connectivity index (χ3n) is 2.60. The lowest BCUT2D eigenvalue weighted by atomic mass is 10.3. The average molecular weight is 193 g/mol. The van der Waals surface area contributed by atoms with E-state index in [4.69, 9.17) is 0 Å². The minimum Gasteiger partial charge on any atom is -0.337 e. The van der Waals surface area contributed by atoms with Crippen LogP contribution in [0.2, 0.25) is 0 Å². The van der Waals surface area contributed by atoms with Crippen LogP contribution in [-0.4, -0.2) is 47.2 Å². The molecule has 0 N–H and O–H groups in total. The first-order valence-corrected chi connectivity index (χ1v) is 5.26. The van der Waals surface area contributed by atoms with E-state index in [0.29, 0.717) is 0 Å². The monoisotopic (exact) mass is 193 g/mol. The van der Waals surface area contributed by atoms with Gasteiger partial charge in [0.25, 0.3) is 0 Å². The van der Waals surface area contributed by atoms with Gasteiger partial charge in [-0.05, 0) is 13.0 Å². The molecule has 2 rings (SSSR count). The molecule has 4 nitrogen and oxygen atoms in total. The number of hydrogen-bond acceptors (Lipinski definition) is 2. The summed E-state index contributed by atoms with van der Waals surface area (Å²) >= 11 is 0. The van der Waals surface area contributed by atoms with E-state index in [-0.39, 0.29) is 0 Å². The van der Waals surface area contributed by atoms with E-state index < -0.39 is 0 Å². The molecule has 0 unspecified atom stereocenters. The fourth-order valence-corrected chi connectivity index (χ4v) is 1.77. The maximum absolute atomic E-state index is 4.33. The lowest BCUT2D eigenvalue weighted by molar-refractivity contribution is 0.232. The molecule has 1 radical (unpaired) electrons. The van der Waals surface area contributed by atoms with Gasteiger partial charge < -0.3 is 9.47 Å². The van der Waals surface area contributed by atoms with E-state index in [1.807, 2.05) is 18.7 Å². The minimum absolute atomic E-state index is 1.02. The summed E-state index contributed by atoms with van der Waals surface area (Å²) in [6, 6.07) is 0. The molecule has 1 aliphatic rings. The quantitative estimate of drug-likeness (QED) is 0.684. The van der Waals surface area contributed by atoms with Gasteiger partial charge in [-0.25, -0.2) is 10.3 Å². The zero-order chi connectivity index (χ0) is 9.64. The smallest absolute Gasteiger partial charge is 0.0945 e. The minimum atomic E-state index is 1.02. The molecule has 0 aliphatic carbocycles. The van der Waals surface area contributed by atoms with Gasteiger partial charge in [-0.3, -0.25) is 0 Å². The molecule has 1 saturated heterocycles. The fraction of sp³-hybridized carbons (Fsp3) is 0.700. The van der Waals surface area contributed by atoms with E-state index in [1.54, 1.807) is 0 Å². The van der Waals surface area contributed by atoms with Gasteiger partial charge in [0.05, 0.1) is 6.33 Å². The molecule has 2 heterocycles. The van der Waals surface area contributed by atoms with E-state index in [0.717, 1.165) is 32.7 Å². The SMILES string of the molecule is c1cn(CCCN2CC[N]CC2)cn1. The Labute approximate surface area is 84.9 Å². The molecule has 1 aliphatic heterocycles. The van der Waals surface area contributed by atoms with Crippen LogP contribution in [0.25, 0.3) is 0 Å². The molecule has 1 aromatic rings. The van der Waals surface area contributed by atoms with E-state index in [2.05, 4.69) is 19.8 Å². The van der Waals surface area contributed by atoms with Gasteiger partial charge in [0.15, 0.2) is 0 Å². The third kappa shape index (κ3) is 2.82. The van der Waals surface area contributed by atoms with Crippen molar-refractivity contribution in [2.45, 2.75) is 13.0 Å². The summed E-state index contributed by atoms with van der Waals surface area (Å²) in [7, 11) is 0. The zero-order valence-electron chi connectivity index (χ0n) is 8.47. The molecule has 0 aromatic carbocycles. The van der Waals surface area contributed by atoms with Crippen molar-refractivity contribution in [2.75, 3.05) is 32.7 Å². The Balaban J connectivity index is 1.62. The zero-order valence-corrected chi connectivity index (χ0v) is 8.47. The lowest BCUT2D eigenvalue weighted by Gasteiger charge is -2.26. The topological polar surface area (TPSA) is 35.2 Å². The maximum atomic E-state index is 4.33. The summed E-state index contributed by atoms with van der Waals surface area (Å²) in [6.07, 6.45) is 6.94. The number of nitrogens with zero attached hydrogens (tertiary/aromatic N) is 4. The Hall–Kier alpha value is -0.870. The highest BCUT2D eigenvalue weighted by atomic mass is 15.2. The first kappa shape index (κ1) is 9.68. The van der Waals surface area contributed by atoms with Crippen LogP contribution >= 0.6 is 0 Å². The normalized spacial score (nSPS) is 18.6. The Morgan fingerprint density at radius 2 is 2.00 bits per heavy atom. The van der Waals surface area contributed by atoms with Crippen molar-refractivity contribution < 1.29 is 0 Å². The van der Waals surface area contributed by atoms with Gasteiger partial charge in [-0.2, -0.15) is 0 Å². The summed E-state index contributed by atoms with van der Waals surface area (Å²) in [5.41, 5.74) is 0. The molecule has 4 heteroatoms. The van der Waals surface area contributed by atoms with Gasteiger partial charge in [-0.1, -0.05) is 0 Å². The van der Waals surface area contributed by atoms with Gasteiger partial charge in [-0.15, -0.1) is 0 Å². The van der Waals surface area contributed by atoms with Crippen molar-refractivity contribution in [1.82, 2.24) is 19.8 Å². The van der Waals surface area contributed by atoms with Crippen molar-refractivity contribution in [3.05, 3.63) is 18.7 Å². The molecule has 0 amide bonds. The Morgan fingerprint density at radius 1 is 1.14 bits per heavy atom. The lowest BCUT2D eigenvalue weighted by Crippen LogP contribution is -2.40. The fourth-order valence-electron chi connectivity index (χ4n) is 1.77. The van der Waals surface area contributed by atoms with Crippen LogP contribution in [0.3, 0.4) is 0 Å². The van der Waals surface area contributed by atoms with E-state index in [9.17, 15) is 0 Å². The van der Waals surface area contributed by atoms with Crippen molar-refractivity contribution in [3.63, 3.8) is 0 Å². The van der Waals surface area contributed by atoms with Crippen molar-refractivity contribution >= 4 is 0 Å². The predicted molar refractivity (Wildman–Crippen MR) is 55.2 cm³/mol. The molecular weight excluding hydrogens is 176 g/mol. The molecule has 0 bridgehead atoms. The van der Waals surface area contributed by atoms with Crippen LogP contribution in [0.1, 0.15) is 6.42 Å². The van der Waals surface area contributed by atoms with Crippen LogP contribution in [0.15, 0.2) is 18.7 Å². The summed E-state index contributed by atoms with van der Waals surface area (Å²) in [5, 5.41) is 4.33. The summed E-state index contributed by atoms with van der Waals surface area (Å²) in [4.78, 5) is 6.51. The largest absolute Gasteiger partial charge is 0.337 e. The first-order chi connectivity index (χ1) is 6.95. The Bertz CT molecular complexity index is 239. The standard InChI is InChI=1S/C10H17N4/c1(6-14-9-4-12-10-14)5-13-7-2-11-3-8-13/h4,9-10H,1-3,5-8H2. The van der Waals surface area contributed by atoms with E-state index in [1.165, 1.54) is 13.0 Å². The van der Waals surface area contributed by atoms with Crippen LogP contribution in [-0.2, 0) is 6.54 Å². The molecule has 0 spiro atoms. The summed E-state index contributed by atoms with van der Waals surface area (Å²) in [5.74, 6) is 0. The second-order valence-electron chi connectivity index (χ2n) is 3.67. The maximum Gasteiger partial charge on any atom is 0.0945 e. The van der Waals surface area contributed by atoms with Gasteiger partial charge in [0, 0.05) is 45.1 Å². The number of aryl methyl sites for hydroxylation is 1. The molecule has 77 valence electrons. The highest BCUT2D eigenvalue weighted by molar-refractivity contribution is 4.74. The number of aromatic nitrogens is 2. The second-order valence-corrected chi connectivity index (χ2v) is 3.67. The number of imidazole rings is 1. The van der Waals surface area contributed by atoms with E-state index >= 15 is 0 Å². The number of piperazine rings is 1. The molecule has 0 atom stereocenters. The average Bonchev–Trinajstić information content (AvgIpc) is 2.72. The summed E-state index contributed by atoms with van der Waals surface area (Å²) < 4.78 is 2.13. The molecule has 14 heavy (non-hydrogen) atoms. The van der Waals surface area contributed by atoms with Crippen LogP contribution in [0.4, 0.5) is 0 Å². The molecule has 1 fully saturated rings. The van der Waals surface area contributed by atoms with Gasteiger partial charge in [0.1, 0.15) is 0 Å². The third-order valence-corrected chi connectivity index (χ3v) is 2.60. The first-order valence-electron chi connectivity index (χ1n) is 5.26. The van der Waals surface area contributed by atoms with Crippen molar-refractivity contribution in [1.29, 1.82) is 0 Å². The van der Waals surface area contributed by atoms with Crippen molar-refractivity contribution in [3.8, 4) is 0 Å². The number of hydrogen-bond donors (Lipinski definition) is 0. The predicted octanol–water partition coefficient (Wildman–Crippen LogP) is 0.193. The van der Waals surface area contributed by atoms with Crippen molar-refractivity contribution in [2.24, 2.45) is 0 Å². The Kier molecular flexibility index (Phi) is 3.54.